The lowest BCUT2D eigenvalue weighted by molar-refractivity contribution is -0.124. The van der Waals surface area contributed by atoms with Crippen molar-refractivity contribution in [2.75, 3.05) is 37.7 Å². The van der Waals surface area contributed by atoms with Crippen molar-refractivity contribution in [3.05, 3.63) is 29.8 Å². The molecule has 3 N–H and O–H groups in total. The monoisotopic (exact) mass is 345 g/mol. The van der Waals surface area contributed by atoms with E-state index in [0.717, 1.165) is 39.1 Å². The summed E-state index contributed by atoms with van der Waals surface area (Å²) in [6, 6.07) is 8.33. The summed E-state index contributed by atoms with van der Waals surface area (Å²) in [5, 5.41) is 3.13. The molecule has 1 heterocycles. The van der Waals surface area contributed by atoms with E-state index in [2.05, 4.69) is 28.4 Å². The minimum atomic E-state index is 0.0199. The number of nitrogens with one attached hydrogen (secondary N) is 1. The largest absolute Gasteiger partial charge is 0.378 e. The molecule has 0 unspecified atom stereocenters. The smallest absolute Gasteiger partial charge is 0.220 e. The van der Waals surface area contributed by atoms with E-state index < -0.39 is 0 Å². The van der Waals surface area contributed by atoms with E-state index in [1.54, 1.807) is 0 Å². The maximum Gasteiger partial charge on any atom is 0.220 e. The number of para-hydroxylation sites is 1. The minimum absolute atomic E-state index is 0.0199. The van der Waals surface area contributed by atoms with E-state index in [0.29, 0.717) is 19.5 Å². The number of morpholine rings is 1. The molecular weight excluding hydrogens is 314 g/mol. The Balaban J connectivity index is 1.58. The fourth-order valence-electron chi connectivity index (χ4n) is 4.12. The lowest BCUT2D eigenvalue weighted by Gasteiger charge is -2.35. The molecule has 0 radical (unpaired) electrons. The summed E-state index contributed by atoms with van der Waals surface area (Å²) in [5.74, 6) is 0.129. The molecule has 5 heteroatoms. The molecule has 1 aromatic carbocycles. The highest BCUT2D eigenvalue weighted by Crippen LogP contribution is 2.38. The second kappa shape index (κ2) is 8.68. The number of anilines is 1. The third-order valence-corrected chi connectivity index (χ3v) is 5.70. The van der Waals surface area contributed by atoms with Gasteiger partial charge in [-0.25, -0.2) is 0 Å². The molecule has 0 bridgehead atoms. The summed E-state index contributed by atoms with van der Waals surface area (Å²) in [6.07, 6.45) is 6.40. The second-order valence-electron chi connectivity index (χ2n) is 7.45. The maximum atomic E-state index is 12.5. The topological polar surface area (TPSA) is 67.6 Å². The highest BCUT2D eigenvalue weighted by molar-refractivity contribution is 5.77. The van der Waals surface area contributed by atoms with Gasteiger partial charge in [0.05, 0.1) is 13.2 Å². The number of ether oxygens (including phenoxy) is 1. The third kappa shape index (κ3) is 4.73. The number of nitrogens with zero attached hydrogens (tertiary/aromatic N) is 1. The lowest BCUT2D eigenvalue weighted by atomic mass is 9.71. The molecule has 1 aliphatic carbocycles. The van der Waals surface area contributed by atoms with Crippen LogP contribution in [0, 0.1) is 5.41 Å². The molecule has 0 spiro atoms. The highest BCUT2D eigenvalue weighted by Gasteiger charge is 2.32. The van der Waals surface area contributed by atoms with Crippen molar-refractivity contribution in [1.29, 1.82) is 0 Å². The Morgan fingerprint density at radius 1 is 1.16 bits per heavy atom. The summed E-state index contributed by atoms with van der Waals surface area (Å²) >= 11 is 0. The van der Waals surface area contributed by atoms with Gasteiger partial charge in [-0.15, -0.1) is 0 Å². The fourth-order valence-corrected chi connectivity index (χ4v) is 4.12. The van der Waals surface area contributed by atoms with E-state index in [4.69, 9.17) is 10.5 Å². The maximum absolute atomic E-state index is 12.5. The van der Waals surface area contributed by atoms with Gasteiger partial charge in [0, 0.05) is 31.7 Å². The number of amides is 1. The zero-order valence-corrected chi connectivity index (χ0v) is 15.1. The molecule has 0 aromatic heterocycles. The molecule has 138 valence electrons. The Bertz CT molecular complexity index is 564. The van der Waals surface area contributed by atoms with Crippen molar-refractivity contribution >= 4 is 11.6 Å². The van der Waals surface area contributed by atoms with Gasteiger partial charge in [0.25, 0.3) is 0 Å². The number of nitrogens with two attached hydrogens (primary N) is 1. The Hall–Kier alpha value is -1.59. The average molecular weight is 345 g/mol. The minimum Gasteiger partial charge on any atom is -0.378 e. The number of carbonyl (C=O) groups is 1. The first-order valence-electron chi connectivity index (χ1n) is 9.60. The molecular formula is C20H31N3O2. The third-order valence-electron chi connectivity index (χ3n) is 5.70. The number of hydrogen-bond donors (Lipinski definition) is 2. The fraction of sp³-hybridized carbons (Fsp3) is 0.650. The van der Waals surface area contributed by atoms with Gasteiger partial charge in [0.15, 0.2) is 0 Å². The van der Waals surface area contributed by atoms with Crippen molar-refractivity contribution < 1.29 is 9.53 Å². The van der Waals surface area contributed by atoms with Crippen molar-refractivity contribution in [2.45, 2.75) is 45.1 Å². The molecule has 5 nitrogen and oxygen atoms in total. The van der Waals surface area contributed by atoms with Gasteiger partial charge in [-0.3, -0.25) is 4.79 Å². The molecule has 0 atom stereocenters. The van der Waals surface area contributed by atoms with E-state index in [9.17, 15) is 4.79 Å². The van der Waals surface area contributed by atoms with Gasteiger partial charge in [0.2, 0.25) is 5.91 Å². The van der Waals surface area contributed by atoms with Crippen LogP contribution in [0.3, 0.4) is 0 Å². The SMILES string of the molecule is NCC1(CC(=O)NCc2ccccc2N2CCOCC2)CCCCC1. The highest BCUT2D eigenvalue weighted by atomic mass is 16.5. The molecule has 2 fully saturated rings. The van der Waals surface area contributed by atoms with E-state index in [-0.39, 0.29) is 11.3 Å². The first-order valence-corrected chi connectivity index (χ1v) is 9.60. The molecule has 1 amide bonds. The first-order chi connectivity index (χ1) is 12.2. The van der Waals surface area contributed by atoms with Crippen LogP contribution in [0.2, 0.25) is 0 Å². The molecule has 25 heavy (non-hydrogen) atoms. The molecule has 1 aliphatic heterocycles. The van der Waals surface area contributed by atoms with Crippen molar-refractivity contribution in [1.82, 2.24) is 5.32 Å². The summed E-state index contributed by atoms with van der Waals surface area (Å²) in [6.45, 7) is 4.53. The zero-order chi connectivity index (χ0) is 17.5. The van der Waals surface area contributed by atoms with Crippen LogP contribution in [0.5, 0.6) is 0 Å². The van der Waals surface area contributed by atoms with Gasteiger partial charge in [-0.2, -0.15) is 0 Å². The van der Waals surface area contributed by atoms with Gasteiger partial charge in [0.1, 0.15) is 0 Å². The quantitative estimate of drug-likeness (QED) is 0.831. The standard InChI is InChI=1S/C20H31N3O2/c21-16-20(8-4-1-5-9-20)14-19(24)22-15-17-6-2-3-7-18(17)23-10-12-25-13-11-23/h2-3,6-7H,1,4-5,8-16,21H2,(H,22,24). The molecule has 2 aliphatic rings. The van der Waals surface area contributed by atoms with Crippen molar-refractivity contribution in [3.63, 3.8) is 0 Å². The number of carbonyl (C=O) groups excluding carboxylic acids is 1. The van der Waals surface area contributed by atoms with Gasteiger partial charge < -0.3 is 20.7 Å². The molecule has 1 saturated heterocycles. The van der Waals surface area contributed by atoms with E-state index in [1.807, 2.05) is 6.07 Å². The van der Waals surface area contributed by atoms with Gasteiger partial charge in [-0.05, 0) is 36.4 Å². The second-order valence-corrected chi connectivity index (χ2v) is 7.45. The normalized spacial score (nSPS) is 20.3. The Labute approximate surface area is 150 Å². The number of rotatable bonds is 6. The Kier molecular flexibility index (Phi) is 6.32. The zero-order valence-electron chi connectivity index (χ0n) is 15.1. The van der Waals surface area contributed by atoms with Crippen LogP contribution in [0.4, 0.5) is 5.69 Å². The predicted octanol–water partition coefficient (Wildman–Crippen LogP) is 2.44. The molecule has 1 aromatic rings. The van der Waals surface area contributed by atoms with Crippen LogP contribution in [0.15, 0.2) is 24.3 Å². The first kappa shape index (κ1) is 18.2. The summed E-state index contributed by atoms with van der Waals surface area (Å²) < 4.78 is 5.44. The number of hydrogen-bond acceptors (Lipinski definition) is 4. The van der Waals surface area contributed by atoms with Crippen LogP contribution in [-0.2, 0) is 16.1 Å². The Morgan fingerprint density at radius 3 is 2.60 bits per heavy atom. The van der Waals surface area contributed by atoms with Crippen LogP contribution in [-0.4, -0.2) is 38.8 Å². The number of benzene rings is 1. The predicted molar refractivity (Wildman–Crippen MR) is 101 cm³/mol. The van der Waals surface area contributed by atoms with Crippen molar-refractivity contribution in [3.8, 4) is 0 Å². The summed E-state index contributed by atoms with van der Waals surface area (Å²) in [4.78, 5) is 14.9. The van der Waals surface area contributed by atoms with E-state index in [1.165, 1.54) is 30.5 Å². The van der Waals surface area contributed by atoms with Crippen LogP contribution >= 0.6 is 0 Å². The van der Waals surface area contributed by atoms with Crippen LogP contribution in [0.1, 0.15) is 44.1 Å². The summed E-state index contributed by atoms with van der Waals surface area (Å²) in [7, 11) is 0. The molecule has 3 rings (SSSR count). The van der Waals surface area contributed by atoms with Gasteiger partial charge >= 0.3 is 0 Å². The Morgan fingerprint density at radius 2 is 1.88 bits per heavy atom. The van der Waals surface area contributed by atoms with Gasteiger partial charge in [-0.1, -0.05) is 37.5 Å². The van der Waals surface area contributed by atoms with E-state index >= 15 is 0 Å². The van der Waals surface area contributed by atoms with Crippen LogP contribution < -0.4 is 16.0 Å². The van der Waals surface area contributed by atoms with Crippen molar-refractivity contribution in [2.24, 2.45) is 11.1 Å². The molecule has 1 saturated carbocycles. The lowest BCUT2D eigenvalue weighted by Crippen LogP contribution is -2.39. The van der Waals surface area contributed by atoms with Crippen LogP contribution in [0.25, 0.3) is 0 Å². The average Bonchev–Trinajstić information content (AvgIpc) is 2.68. The summed E-state index contributed by atoms with van der Waals surface area (Å²) in [5.41, 5.74) is 8.41.